The van der Waals surface area contributed by atoms with Gasteiger partial charge in [-0.2, -0.15) is 0 Å². The fourth-order valence-corrected chi connectivity index (χ4v) is 3.56. The number of rotatable bonds is 5. The molecule has 0 fully saturated rings. The smallest absolute Gasteiger partial charge is 0.161 e. The van der Waals surface area contributed by atoms with Gasteiger partial charge in [-0.15, -0.1) is 0 Å². The van der Waals surface area contributed by atoms with Gasteiger partial charge in [-0.05, 0) is 55.3 Å². The minimum atomic E-state index is 0.657. The Balaban J connectivity index is 1.98. The molecular formula is C26H25NO3. The summed E-state index contributed by atoms with van der Waals surface area (Å²) in [5, 5.41) is 1.87. The largest absolute Gasteiger partial charge is 0.493 e. The number of hydrogen-bond acceptors (Lipinski definition) is 4. The van der Waals surface area contributed by atoms with Crippen molar-refractivity contribution in [1.82, 2.24) is 0 Å². The number of aryl methyl sites for hydroxylation is 2. The number of hydrogen-bond donors (Lipinski definition) is 0. The van der Waals surface area contributed by atoms with Gasteiger partial charge in [0.15, 0.2) is 11.5 Å². The number of ether oxygens (including phenoxy) is 2. The average molecular weight is 399 g/mol. The lowest BCUT2D eigenvalue weighted by Crippen LogP contribution is -2.04. The molecule has 4 heteroatoms. The number of benzene rings is 3. The van der Waals surface area contributed by atoms with Gasteiger partial charge in [-0.1, -0.05) is 36.8 Å². The monoisotopic (exact) mass is 399 g/mol. The van der Waals surface area contributed by atoms with E-state index in [0.29, 0.717) is 11.5 Å². The number of nitrogens with zero attached hydrogens (tertiary/aromatic N) is 1. The van der Waals surface area contributed by atoms with Crippen LogP contribution in [0.3, 0.4) is 0 Å². The Morgan fingerprint density at radius 1 is 0.867 bits per heavy atom. The first-order chi connectivity index (χ1) is 14.6. The number of fused-ring (bicyclic) bond motifs is 1. The van der Waals surface area contributed by atoms with Gasteiger partial charge in [0.25, 0.3) is 0 Å². The second-order valence-electron chi connectivity index (χ2n) is 7.16. The molecule has 152 valence electrons. The maximum atomic E-state index is 6.25. The molecule has 4 nitrogen and oxygen atoms in total. The molecule has 0 aliphatic rings. The molecule has 4 aromatic rings. The van der Waals surface area contributed by atoms with Crippen molar-refractivity contribution in [3.63, 3.8) is 0 Å². The normalized spacial score (nSPS) is 11.7. The van der Waals surface area contributed by atoms with Crippen LogP contribution in [0.4, 0.5) is 5.69 Å². The van der Waals surface area contributed by atoms with Crippen LogP contribution in [-0.4, -0.2) is 14.2 Å². The van der Waals surface area contributed by atoms with Crippen molar-refractivity contribution in [3.8, 4) is 22.8 Å². The maximum Gasteiger partial charge on any atom is 0.161 e. The van der Waals surface area contributed by atoms with E-state index in [0.717, 1.165) is 45.3 Å². The first kappa shape index (κ1) is 19.8. The Labute approximate surface area is 176 Å². The highest BCUT2D eigenvalue weighted by atomic mass is 16.5. The second kappa shape index (κ2) is 8.46. The van der Waals surface area contributed by atoms with Gasteiger partial charge in [-0.3, -0.25) is 0 Å². The summed E-state index contributed by atoms with van der Waals surface area (Å²) >= 11 is 0. The SMILES string of the molecule is CCc1ccccc1N=c1cc(-c2ccc(OC)c(OC)c2)oc2ccc(C)cc12. The fourth-order valence-electron chi connectivity index (χ4n) is 3.56. The van der Waals surface area contributed by atoms with E-state index in [4.69, 9.17) is 18.9 Å². The van der Waals surface area contributed by atoms with Gasteiger partial charge >= 0.3 is 0 Å². The highest BCUT2D eigenvalue weighted by Gasteiger charge is 2.11. The molecule has 0 amide bonds. The molecule has 0 aliphatic heterocycles. The summed E-state index contributed by atoms with van der Waals surface area (Å²) in [6.07, 6.45) is 0.927. The van der Waals surface area contributed by atoms with Gasteiger partial charge in [0.2, 0.25) is 0 Å². The topological polar surface area (TPSA) is 44.0 Å². The summed E-state index contributed by atoms with van der Waals surface area (Å²) in [5.74, 6) is 2.06. The predicted octanol–water partition coefficient (Wildman–Crippen LogP) is 6.22. The van der Waals surface area contributed by atoms with Crippen LogP contribution in [0.5, 0.6) is 11.5 Å². The Bertz CT molecular complexity index is 1270. The average Bonchev–Trinajstić information content (AvgIpc) is 2.79. The molecule has 0 aliphatic carbocycles. The van der Waals surface area contributed by atoms with Crippen molar-refractivity contribution in [1.29, 1.82) is 0 Å². The van der Waals surface area contributed by atoms with Crippen LogP contribution in [0.25, 0.3) is 22.3 Å². The molecule has 30 heavy (non-hydrogen) atoms. The molecule has 0 saturated heterocycles. The van der Waals surface area contributed by atoms with Crippen LogP contribution in [0.1, 0.15) is 18.1 Å². The molecule has 0 saturated carbocycles. The summed E-state index contributed by atoms with van der Waals surface area (Å²) in [7, 11) is 3.26. The summed E-state index contributed by atoms with van der Waals surface area (Å²) in [6, 6.07) is 22.2. The van der Waals surface area contributed by atoms with Crippen molar-refractivity contribution in [2.75, 3.05) is 14.2 Å². The zero-order chi connectivity index (χ0) is 21.1. The fraction of sp³-hybridized carbons (Fsp3) is 0.192. The zero-order valence-electron chi connectivity index (χ0n) is 17.7. The molecule has 0 radical (unpaired) electrons. The molecule has 4 rings (SSSR count). The first-order valence-electron chi connectivity index (χ1n) is 10.0. The maximum absolute atomic E-state index is 6.25. The summed E-state index contributed by atoms with van der Waals surface area (Å²) in [5.41, 5.74) is 5.05. The molecule has 0 bridgehead atoms. The molecule has 3 aromatic carbocycles. The van der Waals surface area contributed by atoms with Crippen LogP contribution in [0.15, 0.2) is 76.1 Å². The van der Waals surface area contributed by atoms with E-state index < -0.39 is 0 Å². The van der Waals surface area contributed by atoms with Crippen molar-refractivity contribution >= 4 is 16.7 Å². The van der Waals surface area contributed by atoms with Crippen LogP contribution < -0.4 is 14.8 Å². The minimum absolute atomic E-state index is 0.657. The minimum Gasteiger partial charge on any atom is -0.493 e. The van der Waals surface area contributed by atoms with Gasteiger partial charge in [0.05, 0.1) is 25.3 Å². The Hall–Kier alpha value is -3.53. The van der Waals surface area contributed by atoms with E-state index in [1.807, 2.05) is 42.5 Å². The quantitative estimate of drug-likeness (QED) is 0.400. The predicted molar refractivity (Wildman–Crippen MR) is 121 cm³/mol. The lowest BCUT2D eigenvalue weighted by atomic mass is 10.1. The zero-order valence-corrected chi connectivity index (χ0v) is 17.7. The molecule has 1 aromatic heterocycles. The summed E-state index contributed by atoms with van der Waals surface area (Å²) in [4.78, 5) is 5.03. The third-order valence-electron chi connectivity index (χ3n) is 5.18. The van der Waals surface area contributed by atoms with Crippen LogP contribution in [0, 0.1) is 6.92 Å². The Kier molecular flexibility index (Phi) is 5.57. The van der Waals surface area contributed by atoms with Crippen molar-refractivity contribution in [3.05, 3.63) is 83.2 Å². The number of para-hydroxylation sites is 1. The van der Waals surface area contributed by atoms with E-state index in [-0.39, 0.29) is 0 Å². The first-order valence-corrected chi connectivity index (χ1v) is 10.0. The highest BCUT2D eigenvalue weighted by Crippen LogP contribution is 2.33. The Morgan fingerprint density at radius 3 is 2.43 bits per heavy atom. The van der Waals surface area contributed by atoms with E-state index in [1.165, 1.54) is 5.56 Å². The van der Waals surface area contributed by atoms with Crippen molar-refractivity contribution < 1.29 is 13.9 Å². The molecule has 0 unspecified atom stereocenters. The van der Waals surface area contributed by atoms with Crippen molar-refractivity contribution in [2.24, 2.45) is 4.99 Å². The van der Waals surface area contributed by atoms with Gasteiger partial charge in [0, 0.05) is 17.0 Å². The highest BCUT2D eigenvalue weighted by molar-refractivity contribution is 5.79. The molecular weight excluding hydrogens is 374 g/mol. The van der Waals surface area contributed by atoms with Crippen LogP contribution in [-0.2, 0) is 6.42 Å². The third kappa shape index (κ3) is 3.81. The van der Waals surface area contributed by atoms with E-state index in [1.54, 1.807) is 14.2 Å². The summed E-state index contributed by atoms with van der Waals surface area (Å²) in [6.45, 7) is 4.22. The lowest BCUT2D eigenvalue weighted by Gasteiger charge is -2.10. The standard InChI is InChI=1S/C26H25NO3/c1-5-18-8-6-7-9-21(18)27-22-16-25(30-23-12-10-17(2)14-20(22)23)19-11-13-24(28-3)26(15-19)29-4/h6-16H,5H2,1-4H3. The second-order valence-corrected chi connectivity index (χ2v) is 7.16. The Morgan fingerprint density at radius 2 is 1.67 bits per heavy atom. The summed E-state index contributed by atoms with van der Waals surface area (Å²) < 4.78 is 17.1. The van der Waals surface area contributed by atoms with Crippen LogP contribution in [0.2, 0.25) is 0 Å². The third-order valence-corrected chi connectivity index (χ3v) is 5.18. The molecule has 0 spiro atoms. The van der Waals surface area contributed by atoms with Gasteiger partial charge in [-0.25, -0.2) is 4.99 Å². The van der Waals surface area contributed by atoms with Crippen molar-refractivity contribution in [2.45, 2.75) is 20.3 Å². The molecule has 1 heterocycles. The van der Waals surface area contributed by atoms with Gasteiger partial charge in [0.1, 0.15) is 11.3 Å². The van der Waals surface area contributed by atoms with Gasteiger partial charge < -0.3 is 13.9 Å². The lowest BCUT2D eigenvalue weighted by molar-refractivity contribution is 0.355. The molecule has 0 atom stereocenters. The van der Waals surface area contributed by atoms with E-state index >= 15 is 0 Å². The van der Waals surface area contributed by atoms with Crippen LogP contribution >= 0.6 is 0 Å². The van der Waals surface area contributed by atoms with E-state index in [2.05, 4.69) is 38.1 Å². The number of methoxy groups -OCH3 is 2. The van der Waals surface area contributed by atoms with E-state index in [9.17, 15) is 0 Å². The molecule has 0 N–H and O–H groups in total.